The zero-order valence-corrected chi connectivity index (χ0v) is 19.2. The molecular formula is C23H27ClN4OS. The van der Waals surface area contributed by atoms with E-state index in [9.17, 15) is 0 Å². The van der Waals surface area contributed by atoms with E-state index in [2.05, 4.69) is 65.3 Å². The second kappa shape index (κ2) is 9.41. The van der Waals surface area contributed by atoms with Crippen molar-refractivity contribution in [1.29, 1.82) is 0 Å². The van der Waals surface area contributed by atoms with E-state index in [4.69, 9.17) is 16.0 Å². The lowest BCUT2D eigenvalue weighted by molar-refractivity contribution is 0.315. The minimum absolute atomic E-state index is 0.321. The number of likely N-dealkylation sites (N-methyl/N-ethyl adjacent to an activating group) is 1. The van der Waals surface area contributed by atoms with Crippen LogP contribution in [0.15, 0.2) is 57.8 Å². The summed E-state index contributed by atoms with van der Waals surface area (Å²) in [7, 11) is 4.30. The Hall–Kier alpha value is -2.02. The standard InChI is InChI=1S/C23H27ClN4OS/c1-16(30-21-10-6-18(24)7-11-21)14-22-25-26-23(29-22)17-4-8-19(9-5-17)28-13-12-20(15-28)27(2)3/h4-11,16,20H,12-15H2,1-3H3. The monoisotopic (exact) mass is 442 g/mol. The van der Waals surface area contributed by atoms with E-state index in [0.29, 0.717) is 23.1 Å². The molecule has 7 heteroatoms. The Labute approximate surface area is 187 Å². The first-order valence-corrected chi connectivity index (χ1v) is 11.5. The molecule has 0 amide bonds. The Morgan fingerprint density at radius 2 is 1.87 bits per heavy atom. The molecule has 1 fully saturated rings. The van der Waals surface area contributed by atoms with E-state index < -0.39 is 0 Å². The van der Waals surface area contributed by atoms with Crippen LogP contribution < -0.4 is 4.90 Å². The van der Waals surface area contributed by atoms with E-state index in [1.165, 1.54) is 17.0 Å². The molecule has 1 saturated heterocycles. The third-order valence-corrected chi connectivity index (χ3v) is 6.82. The van der Waals surface area contributed by atoms with Crippen molar-refractivity contribution in [3.05, 3.63) is 59.4 Å². The molecule has 30 heavy (non-hydrogen) atoms. The van der Waals surface area contributed by atoms with Gasteiger partial charge in [0.2, 0.25) is 11.8 Å². The molecule has 0 N–H and O–H groups in total. The minimum atomic E-state index is 0.321. The summed E-state index contributed by atoms with van der Waals surface area (Å²) in [6.45, 7) is 4.32. The van der Waals surface area contributed by atoms with Crippen LogP contribution in [0.1, 0.15) is 19.2 Å². The molecule has 1 aliphatic rings. The Kier molecular flexibility index (Phi) is 6.66. The van der Waals surface area contributed by atoms with Gasteiger partial charge < -0.3 is 14.2 Å². The molecule has 2 unspecified atom stereocenters. The van der Waals surface area contributed by atoms with Crippen molar-refractivity contribution in [3.63, 3.8) is 0 Å². The van der Waals surface area contributed by atoms with Crippen molar-refractivity contribution in [2.75, 3.05) is 32.1 Å². The van der Waals surface area contributed by atoms with E-state index in [1.807, 2.05) is 24.3 Å². The number of aromatic nitrogens is 2. The zero-order chi connectivity index (χ0) is 21.1. The Morgan fingerprint density at radius 3 is 2.53 bits per heavy atom. The number of halogens is 1. The molecule has 0 spiro atoms. The fraction of sp³-hybridized carbons (Fsp3) is 0.391. The Balaban J connectivity index is 1.36. The fourth-order valence-corrected chi connectivity index (χ4v) is 4.81. The number of thioether (sulfide) groups is 1. The molecule has 0 bridgehead atoms. The molecule has 3 aromatic rings. The van der Waals surface area contributed by atoms with Gasteiger partial charge in [0, 0.05) is 52.0 Å². The maximum absolute atomic E-state index is 5.96. The fourth-order valence-electron chi connectivity index (χ4n) is 3.70. The highest BCUT2D eigenvalue weighted by molar-refractivity contribution is 7.99. The van der Waals surface area contributed by atoms with E-state index in [1.54, 1.807) is 11.8 Å². The number of hydrogen-bond donors (Lipinski definition) is 0. The summed E-state index contributed by atoms with van der Waals surface area (Å²) in [4.78, 5) is 5.92. The van der Waals surface area contributed by atoms with Crippen LogP contribution in [0.3, 0.4) is 0 Å². The van der Waals surface area contributed by atoms with Gasteiger partial charge in [0.25, 0.3) is 0 Å². The van der Waals surface area contributed by atoms with Crippen LogP contribution in [0.5, 0.6) is 0 Å². The van der Waals surface area contributed by atoms with Gasteiger partial charge >= 0.3 is 0 Å². The summed E-state index contributed by atoms with van der Waals surface area (Å²) in [5.41, 5.74) is 2.20. The van der Waals surface area contributed by atoms with Crippen molar-refractivity contribution < 1.29 is 4.42 Å². The smallest absolute Gasteiger partial charge is 0.247 e. The van der Waals surface area contributed by atoms with Gasteiger partial charge in [-0.1, -0.05) is 18.5 Å². The van der Waals surface area contributed by atoms with Gasteiger partial charge in [-0.05, 0) is 69.0 Å². The first kappa shape index (κ1) is 21.2. The second-order valence-electron chi connectivity index (χ2n) is 7.99. The third-order valence-electron chi connectivity index (χ3n) is 5.45. The number of hydrogen-bond acceptors (Lipinski definition) is 6. The van der Waals surface area contributed by atoms with Crippen LogP contribution in [0.2, 0.25) is 5.02 Å². The van der Waals surface area contributed by atoms with Gasteiger partial charge in [0.05, 0.1) is 0 Å². The summed E-state index contributed by atoms with van der Waals surface area (Å²) in [6.07, 6.45) is 1.92. The molecule has 2 atom stereocenters. The maximum atomic E-state index is 5.96. The van der Waals surface area contributed by atoms with Crippen LogP contribution in [-0.2, 0) is 6.42 Å². The van der Waals surface area contributed by atoms with Gasteiger partial charge in [0.1, 0.15) is 0 Å². The molecule has 2 heterocycles. The number of anilines is 1. The van der Waals surface area contributed by atoms with Gasteiger partial charge in [-0.25, -0.2) is 0 Å². The molecule has 5 nitrogen and oxygen atoms in total. The zero-order valence-electron chi connectivity index (χ0n) is 17.6. The summed E-state index contributed by atoms with van der Waals surface area (Å²) in [5, 5.41) is 9.58. The highest BCUT2D eigenvalue weighted by Gasteiger charge is 2.24. The lowest BCUT2D eigenvalue weighted by Crippen LogP contribution is -2.31. The summed E-state index contributed by atoms with van der Waals surface area (Å²) < 4.78 is 5.93. The van der Waals surface area contributed by atoms with Crippen molar-refractivity contribution in [2.24, 2.45) is 0 Å². The molecule has 0 aliphatic carbocycles. The Morgan fingerprint density at radius 1 is 1.13 bits per heavy atom. The number of rotatable bonds is 7. The molecule has 1 aromatic heterocycles. The molecule has 1 aliphatic heterocycles. The van der Waals surface area contributed by atoms with Crippen molar-refractivity contribution in [2.45, 2.75) is 36.0 Å². The van der Waals surface area contributed by atoms with Crippen molar-refractivity contribution in [1.82, 2.24) is 15.1 Å². The van der Waals surface area contributed by atoms with Crippen LogP contribution in [0, 0.1) is 0 Å². The average Bonchev–Trinajstić information content (AvgIpc) is 3.40. The predicted molar refractivity (Wildman–Crippen MR) is 125 cm³/mol. The molecular weight excluding hydrogens is 416 g/mol. The first-order valence-electron chi connectivity index (χ1n) is 10.2. The quantitative estimate of drug-likeness (QED) is 0.465. The van der Waals surface area contributed by atoms with Crippen molar-refractivity contribution in [3.8, 4) is 11.5 Å². The average molecular weight is 443 g/mol. The molecule has 4 rings (SSSR count). The molecule has 2 aromatic carbocycles. The van der Waals surface area contributed by atoms with Crippen LogP contribution in [0.25, 0.3) is 11.5 Å². The van der Waals surface area contributed by atoms with E-state index >= 15 is 0 Å². The third kappa shape index (κ3) is 5.17. The maximum Gasteiger partial charge on any atom is 0.247 e. The number of benzene rings is 2. The lowest BCUT2D eigenvalue weighted by atomic mass is 10.2. The summed E-state index contributed by atoms with van der Waals surface area (Å²) in [6, 6.07) is 16.9. The van der Waals surface area contributed by atoms with Gasteiger partial charge in [0.15, 0.2) is 0 Å². The van der Waals surface area contributed by atoms with Gasteiger partial charge in [-0.15, -0.1) is 22.0 Å². The highest BCUT2D eigenvalue weighted by atomic mass is 35.5. The lowest BCUT2D eigenvalue weighted by Gasteiger charge is -2.21. The van der Waals surface area contributed by atoms with Crippen LogP contribution in [0.4, 0.5) is 5.69 Å². The summed E-state index contributed by atoms with van der Waals surface area (Å²) in [5.74, 6) is 1.24. The largest absolute Gasteiger partial charge is 0.421 e. The SMILES string of the molecule is CC(Cc1nnc(-c2ccc(N3CCC(N(C)C)C3)cc2)o1)Sc1ccc(Cl)cc1. The number of nitrogens with zero attached hydrogens (tertiary/aromatic N) is 4. The second-order valence-corrected chi connectivity index (χ2v) is 9.93. The minimum Gasteiger partial charge on any atom is -0.421 e. The molecule has 158 valence electrons. The van der Waals surface area contributed by atoms with Crippen LogP contribution >= 0.6 is 23.4 Å². The normalized spacial score (nSPS) is 17.6. The van der Waals surface area contributed by atoms with Gasteiger partial charge in [-0.2, -0.15) is 0 Å². The first-order chi connectivity index (χ1) is 14.5. The molecule has 0 saturated carbocycles. The van der Waals surface area contributed by atoms with Gasteiger partial charge in [-0.3, -0.25) is 0 Å². The molecule has 0 radical (unpaired) electrons. The Bertz CT molecular complexity index is 958. The predicted octanol–water partition coefficient (Wildman–Crippen LogP) is 5.25. The van der Waals surface area contributed by atoms with Crippen molar-refractivity contribution >= 4 is 29.1 Å². The van der Waals surface area contributed by atoms with E-state index in [0.717, 1.165) is 30.1 Å². The van der Waals surface area contributed by atoms with E-state index in [-0.39, 0.29) is 0 Å². The topological polar surface area (TPSA) is 45.4 Å². The highest BCUT2D eigenvalue weighted by Crippen LogP contribution is 2.28. The summed E-state index contributed by atoms with van der Waals surface area (Å²) >= 11 is 7.73. The van der Waals surface area contributed by atoms with Crippen LogP contribution in [-0.4, -0.2) is 53.6 Å².